The van der Waals surface area contributed by atoms with Crippen LogP contribution in [0, 0.1) is 0 Å². The van der Waals surface area contributed by atoms with Gasteiger partial charge in [-0.05, 0) is 51.2 Å². The highest BCUT2D eigenvalue weighted by Crippen LogP contribution is 2.26. The average molecular weight is 569 g/mol. The van der Waals surface area contributed by atoms with E-state index >= 15 is 0 Å². The molecule has 30 heavy (non-hydrogen) atoms. The van der Waals surface area contributed by atoms with Crippen LogP contribution in [-0.2, 0) is 21.3 Å². The summed E-state index contributed by atoms with van der Waals surface area (Å²) < 4.78 is 32.6. The van der Waals surface area contributed by atoms with Crippen LogP contribution in [0.4, 0.5) is 0 Å². The number of guanidine groups is 1. The topological polar surface area (TPSA) is 83.0 Å². The first-order chi connectivity index (χ1) is 14.1. The zero-order valence-electron chi connectivity index (χ0n) is 17.6. The lowest BCUT2D eigenvalue weighted by Crippen LogP contribution is -2.40. The molecule has 3 rings (SSSR count). The number of nitrogens with zero attached hydrogens (tertiary/aromatic N) is 2. The van der Waals surface area contributed by atoms with Gasteiger partial charge in [0.05, 0.1) is 19.8 Å². The summed E-state index contributed by atoms with van der Waals surface area (Å²) in [5.74, 6) is 0.773. The summed E-state index contributed by atoms with van der Waals surface area (Å²) in [6, 6.07) is 3.55. The van der Waals surface area contributed by atoms with E-state index in [0.717, 1.165) is 30.3 Å². The van der Waals surface area contributed by atoms with Crippen LogP contribution in [0.25, 0.3) is 0 Å². The van der Waals surface area contributed by atoms with Crippen molar-refractivity contribution in [2.75, 3.05) is 39.4 Å². The molecule has 1 saturated heterocycles. The third-order valence-electron chi connectivity index (χ3n) is 5.06. The smallest absolute Gasteiger partial charge is 0.252 e. The van der Waals surface area contributed by atoms with E-state index in [-0.39, 0.29) is 24.0 Å². The molecule has 2 N–H and O–H groups in total. The van der Waals surface area contributed by atoms with Gasteiger partial charge in [-0.1, -0.05) is 11.6 Å². The summed E-state index contributed by atoms with van der Waals surface area (Å²) in [6.07, 6.45) is 8.45. The van der Waals surface area contributed by atoms with E-state index in [1.165, 1.54) is 46.9 Å². The molecule has 10 heteroatoms. The number of nitrogens with one attached hydrogen (secondary N) is 2. The molecule has 1 aliphatic heterocycles. The molecule has 1 fully saturated rings. The number of hydrogen-bond acceptors (Lipinski definition) is 5. The fourth-order valence-corrected chi connectivity index (χ4v) is 6.31. The van der Waals surface area contributed by atoms with Crippen molar-refractivity contribution in [3.05, 3.63) is 28.7 Å². The van der Waals surface area contributed by atoms with Crippen molar-refractivity contribution in [2.45, 2.75) is 49.8 Å². The average Bonchev–Trinajstić information content (AvgIpc) is 3.23. The molecule has 0 atom stereocenters. The number of ether oxygens (including phenoxy) is 1. The molecule has 0 radical (unpaired) electrons. The maximum atomic E-state index is 12.7. The fourth-order valence-electron chi connectivity index (χ4n) is 3.47. The Hall–Kier alpha value is -0.690. The summed E-state index contributed by atoms with van der Waals surface area (Å²) in [7, 11) is -3.43. The van der Waals surface area contributed by atoms with Gasteiger partial charge in [0.25, 0.3) is 10.0 Å². The molecular formula is C20H33IN4O3S2. The Morgan fingerprint density at radius 2 is 2.03 bits per heavy atom. The summed E-state index contributed by atoms with van der Waals surface area (Å²) in [5.41, 5.74) is 1.54. The van der Waals surface area contributed by atoms with Crippen LogP contribution in [0.2, 0.25) is 0 Å². The van der Waals surface area contributed by atoms with E-state index < -0.39 is 10.0 Å². The Kier molecular flexibility index (Phi) is 11.1. The third-order valence-corrected chi connectivity index (χ3v) is 8.50. The van der Waals surface area contributed by atoms with Crippen LogP contribution in [0.5, 0.6) is 0 Å². The Labute approximate surface area is 201 Å². The lowest BCUT2D eigenvalue weighted by atomic mass is 9.97. The highest BCUT2D eigenvalue weighted by Gasteiger charge is 2.27. The van der Waals surface area contributed by atoms with Crippen LogP contribution < -0.4 is 10.6 Å². The highest BCUT2D eigenvalue weighted by atomic mass is 127. The standard InChI is InChI=1S/C20H32N4O3S2.HI/c1-2-21-20(22-11-10-17-6-4-3-5-7-17)23-16-18-8-9-19(28-18)29(25,26)24-12-14-27-15-13-24;/h6,8-9H,2-5,7,10-16H2,1H3,(H2,21,22,23);1H. The molecule has 0 saturated carbocycles. The van der Waals surface area contributed by atoms with Gasteiger partial charge in [-0.2, -0.15) is 4.31 Å². The maximum Gasteiger partial charge on any atom is 0.252 e. The predicted molar refractivity (Wildman–Crippen MR) is 133 cm³/mol. The molecule has 0 unspecified atom stereocenters. The van der Waals surface area contributed by atoms with Gasteiger partial charge in [-0.15, -0.1) is 35.3 Å². The Morgan fingerprint density at radius 3 is 2.73 bits per heavy atom. The van der Waals surface area contributed by atoms with E-state index in [0.29, 0.717) is 37.1 Å². The molecule has 0 amide bonds. The summed E-state index contributed by atoms with van der Waals surface area (Å²) in [4.78, 5) is 5.57. The number of aliphatic imine (C=N–C) groups is 1. The van der Waals surface area contributed by atoms with Crippen molar-refractivity contribution >= 4 is 51.3 Å². The molecule has 170 valence electrons. The number of morpholine rings is 1. The number of thiophene rings is 1. The number of hydrogen-bond donors (Lipinski definition) is 2. The minimum atomic E-state index is -3.43. The number of sulfonamides is 1. The first-order valence-corrected chi connectivity index (χ1v) is 12.7. The Bertz CT molecular complexity index is 818. The van der Waals surface area contributed by atoms with Gasteiger partial charge < -0.3 is 15.4 Å². The van der Waals surface area contributed by atoms with Crippen LogP contribution in [0.15, 0.2) is 33.0 Å². The van der Waals surface area contributed by atoms with Crippen LogP contribution in [-0.4, -0.2) is 58.1 Å². The monoisotopic (exact) mass is 568 g/mol. The Morgan fingerprint density at radius 1 is 1.23 bits per heavy atom. The van der Waals surface area contributed by atoms with Crippen molar-refractivity contribution in [2.24, 2.45) is 4.99 Å². The third kappa shape index (κ3) is 7.47. The van der Waals surface area contributed by atoms with Gasteiger partial charge in [-0.3, -0.25) is 0 Å². The van der Waals surface area contributed by atoms with Crippen molar-refractivity contribution in [1.29, 1.82) is 0 Å². The number of allylic oxidation sites excluding steroid dienone is 1. The number of halogens is 1. The SMILES string of the molecule is CCNC(=NCc1ccc(S(=O)(=O)N2CCOCC2)s1)NCCC1=CCCCC1.I. The quantitative estimate of drug-likeness (QED) is 0.218. The second-order valence-electron chi connectivity index (χ2n) is 7.22. The van der Waals surface area contributed by atoms with Crippen molar-refractivity contribution < 1.29 is 13.2 Å². The van der Waals surface area contributed by atoms with Gasteiger partial charge in [0, 0.05) is 31.1 Å². The van der Waals surface area contributed by atoms with Crippen LogP contribution in [0.1, 0.15) is 43.9 Å². The highest BCUT2D eigenvalue weighted by molar-refractivity contribution is 14.0. The Balaban J connectivity index is 0.00000320. The first kappa shape index (κ1) is 25.6. The van der Waals surface area contributed by atoms with Gasteiger partial charge in [0.2, 0.25) is 0 Å². The molecule has 1 aromatic heterocycles. The summed E-state index contributed by atoms with van der Waals surface area (Å²) in [5, 5.41) is 6.65. The summed E-state index contributed by atoms with van der Waals surface area (Å²) >= 11 is 1.30. The van der Waals surface area contributed by atoms with E-state index in [2.05, 4.69) is 21.7 Å². The molecule has 2 heterocycles. The fraction of sp³-hybridized carbons (Fsp3) is 0.650. The van der Waals surface area contributed by atoms with Gasteiger partial charge in [0.15, 0.2) is 5.96 Å². The van der Waals surface area contributed by atoms with Crippen LogP contribution in [0.3, 0.4) is 0 Å². The second-order valence-corrected chi connectivity index (χ2v) is 10.6. The van der Waals surface area contributed by atoms with Crippen LogP contribution >= 0.6 is 35.3 Å². The minimum absolute atomic E-state index is 0. The molecule has 7 nitrogen and oxygen atoms in total. The molecule has 0 bridgehead atoms. The molecule has 0 spiro atoms. The largest absolute Gasteiger partial charge is 0.379 e. The van der Waals surface area contributed by atoms with Gasteiger partial charge in [-0.25, -0.2) is 13.4 Å². The molecule has 2 aliphatic rings. The van der Waals surface area contributed by atoms with E-state index in [4.69, 9.17) is 4.74 Å². The van der Waals surface area contributed by atoms with E-state index in [1.807, 2.05) is 13.0 Å². The number of rotatable bonds is 8. The molecule has 0 aromatic carbocycles. The van der Waals surface area contributed by atoms with E-state index in [9.17, 15) is 8.42 Å². The van der Waals surface area contributed by atoms with Gasteiger partial charge >= 0.3 is 0 Å². The van der Waals surface area contributed by atoms with Crippen molar-refractivity contribution in [3.8, 4) is 0 Å². The molecule has 1 aliphatic carbocycles. The van der Waals surface area contributed by atoms with E-state index in [1.54, 1.807) is 6.07 Å². The lowest BCUT2D eigenvalue weighted by molar-refractivity contribution is 0.0731. The maximum absolute atomic E-state index is 12.7. The predicted octanol–water partition coefficient (Wildman–Crippen LogP) is 3.33. The summed E-state index contributed by atoms with van der Waals surface area (Å²) in [6.45, 7) is 5.89. The van der Waals surface area contributed by atoms with Crippen molar-refractivity contribution in [3.63, 3.8) is 0 Å². The molecule has 1 aromatic rings. The zero-order chi connectivity index (χ0) is 20.5. The molecular weight excluding hydrogens is 535 g/mol. The minimum Gasteiger partial charge on any atom is -0.379 e. The first-order valence-electron chi connectivity index (χ1n) is 10.5. The lowest BCUT2D eigenvalue weighted by Gasteiger charge is -2.25. The van der Waals surface area contributed by atoms with Gasteiger partial charge in [0.1, 0.15) is 4.21 Å². The van der Waals surface area contributed by atoms with Crippen molar-refractivity contribution in [1.82, 2.24) is 14.9 Å². The second kappa shape index (κ2) is 13.0. The zero-order valence-corrected chi connectivity index (χ0v) is 21.5. The normalized spacial score (nSPS) is 18.4.